The van der Waals surface area contributed by atoms with Crippen LogP contribution in [0.2, 0.25) is 5.02 Å². The highest BCUT2D eigenvalue weighted by molar-refractivity contribution is 6.30. The normalized spacial score (nSPS) is 21.3. The van der Waals surface area contributed by atoms with E-state index in [1.165, 1.54) is 0 Å². The number of Topliss-reactive ketones (excluding diaryl/α,β-unsaturated/α-hetero) is 1. The van der Waals surface area contributed by atoms with E-state index in [0.29, 0.717) is 28.4 Å². The van der Waals surface area contributed by atoms with E-state index >= 15 is 0 Å². The van der Waals surface area contributed by atoms with Crippen LogP contribution in [0.4, 0.5) is 5.82 Å². The van der Waals surface area contributed by atoms with Crippen LogP contribution in [-0.2, 0) is 9.59 Å². The molecule has 6 heteroatoms. The first-order valence-electron chi connectivity index (χ1n) is 10.1. The first-order chi connectivity index (χ1) is 14.3. The minimum Gasteiger partial charge on any atom is -0.362 e. The number of benzene rings is 1. The van der Waals surface area contributed by atoms with Crippen LogP contribution in [0.5, 0.6) is 0 Å². The van der Waals surface area contributed by atoms with E-state index in [-0.39, 0.29) is 17.6 Å². The van der Waals surface area contributed by atoms with E-state index in [4.69, 9.17) is 11.6 Å². The van der Waals surface area contributed by atoms with Crippen molar-refractivity contribution in [3.63, 3.8) is 0 Å². The molecule has 1 amide bonds. The third-order valence-electron chi connectivity index (χ3n) is 5.61. The largest absolute Gasteiger partial charge is 0.362 e. The number of hydrogen-bond acceptors (Lipinski definition) is 4. The maximum absolute atomic E-state index is 13.4. The summed E-state index contributed by atoms with van der Waals surface area (Å²) < 4.78 is 0. The molecule has 0 bridgehead atoms. The molecule has 1 aromatic heterocycles. The zero-order chi connectivity index (χ0) is 21.4. The quantitative estimate of drug-likeness (QED) is 0.739. The summed E-state index contributed by atoms with van der Waals surface area (Å²) in [6.45, 7) is 5.83. The van der Waals surface area contributed by atoms with E-state index in [2.05, 4.69) is 22.5 Å². The van der Waals surface area contributed by atoms with E-state index in [0.717, 1.165) is 29.1 Å². The van der Waals surface area contributed by atoms with E-state index in [1.54, 1.807) is 18.2 Å². The Morgan fingerprint density at radius 2 is 1.87 bits per heavy atom. The van der Waals surface area contributed by atoms with Crippen LogP contribution in [0.1, 0.15) is 43.9 Å². The number of aryl methyl sites for hydroxylation is 1. The number of ketones is 1. The molecule has 2 aromatic rings. The Hall–Kier alpha value is -2.92. The van der Waals surface area contributed by atoms with Gasteiger partial charge in [0.2, 0.25) is 0 Å². The molecule has 1 aliphatic heterocycles. The number of dihydropyridines is 1. The average Bonchev–Trinajstić information content (AvgIpc) is 2.67. The molecule has 1 aromatic carbocycles. The van der Waals surface area contributed by atoms with Gasteiger partial charge in [0, 0.05) is 45.6 Å². The number of pyridine rings is 1. The number of halogens is 1. The molecule has 0 radical (unpaired) electrons. The molecule has 0 saturated carbocycles. The van der Waals surface area contributed by atoms with Crippen molar-refractivity contribution in [3.8, 4) is 0 Å². The summed E-state index contributed by atoms with van der Waals surface area (Å²) in [5.41, 5.74) is 4.57. The summed E-state index contributed by atoms with van der Waals surface area (Å²) in [5.74, 6) is 0.134. The fourth-order valence-electron chi connectivity index (χ4n) is 4.32. The zero-order valence-electron chi connectivity index (χ0n) is 17.3. The van der Waals surface area contributed by atoms with Gasteiger partial charge in [0.25, 0.3) is 5.91 Å². The second kappa shape index (κ2) is 8.07. The molecular weight excluding hydrogens is 398 g/mol. The first kappa shape index (κ1) is 20.4. The fraction of sp³-hybridized carbons (Fsp3) is 0.292. The van der Waals surface area contributed by atoms with Crippen molar-refractivity contribution < 1.29 is 9.59 Å². The van der Waals surface area contributed by atoms with Gasteiger partial charge in [0.15, 0.2) is 5.78 Å². The average molecular weight is 422 g/mol. The maximum atomic E-state index is 13.4. The van der Waals surface area contributed by atoms with Crippen molar-refractivity contribution in [2.24, 2.45) is 5.92 Å². The number of carbonyl (C=O) groups excluding carboxylic acids is 2. The number of nitrogens with zero attached hydrogens (tertiary/aromatic N) is 1. The van der Waals surface area contributed by atoms with Gasteiger partial charge in [-0.1, -0.05) is 36.7 Å². The van der Waals surface area contributed by atoms with Gasteiger partial charge in [-0.3, -0.25) is 9.59 Å². The molecule has 0 spiro atoms. The van der Waals surface area contributed by atoms with E-state index in [9.17, 15) is 9.59 Å². The van der Waals surface area contributed by atoms with Crippen molar-refractivity contribution in [3.05, 3.63) is 81.3 Å². The number of allylic oxidation sites excluding steroid dienone is 3. The Balaban J connectivity index is 1.79. The lowest BCUT2D eigenvalue weighted by atomic mass is 9.73. The predicted octanol–water partition coefficient (Wildman–Crippen LogP) is 4.90. The molecular formula is C24H24ClN3O2. The van der Waals surface area contributed by atoms with Gasteiger partial charge in [-0.2, -0.15) is 0 Å². The van der Waals surface area contributed by atoms with E-state index < -0.39 is 5.92 Å². The van der Waals surface area contributed by atoms with Crippen molar-refractivity contribution in [1.29, 1.82) is 0 Å². The third-order valence-corrected chi connectivity index (χ3v) is 5.86. The molecule has 5 nitrogen and oxygen atoms in total. The lowest BCUT2D eigenvalue weighted by Crippen LogP contribution is -2.37. The Bertz CT molecular complexity index is 1090. The monoisotopic (exact) mass is 421 g/mol. The Kier molecular flexibility index (Phi) is 5.48. The number of aromatic nitrogens is 1. The van der Waals surface area contributed by atoms with Crippen molar-refractivity contribution in [2.75, 3.05) is 5.32 Å². The molecule has 4 rings (SSSR count). The summed E-state index contributed by atoms with van der Waals surface area (Å²) in [6, 6.07) is 12.8. The highest BCUT2D eigenvalue weighted by Crippen LogP contribution is 2.43. The van der Waals surface area contributed by atoms with Crippen LogP contribution in [0.25, 0.3) is 0 Å². The van der Waals surface area contributed by atoms with Crippen molar-refractivity contribution >= 4 is 29.1 Å². The first-order valence-corrected chi connectivity index (χ1v) is 10.5. The number of rotatable bonds is 3. The Morgan fingerprint density at radius 3 is 2.57 bits per heavy atom. The van der Waals surface area contributed by atoms with Gasteiger partial charge in [-0.15, -0.1) is 0 Å². The zero-order valence-corrected chi connectivity index (χ0v) is 18.0. The van der Waals surface area contributed by atoms with Gasteiger partial charge < -0.3 is 10.6 Å². The molecule has 0 fully saturated rings. The Morgan fingerprint density at radius 1 is 1.13 bits per heavy atom. The van der Waals surface area contributed by atoms with Crippen molar-refractivity contribution in [1.82, 2.24) is 10.3 Å². The predicted molar refractivity (Wildman–Crippen MR) is 118 cm³/mol. The lowest BCUT2D eigenvalue weighted by molar-refractivity contribution is -0.117. The smallest absolute Gasteiger partial charge is 0.255 e. The third kappa shape index (κ3) is 3.90. The highest BCUT2D eigenvalue weighted by atomic mass is 35.5. The molecule has 30 heavy (non-hydrogen) atoms. The van der Waals surface area contributed by atoms with Crippen LogP contribution in [-0.4, -0.2) is 16.7 Å². The lowest BCUT2D eigenvalue weighted by Gasteiger charge is -2.36. The molecule has 0 saturated heterocycles. The summed E-state index contributed by atoms with van der Waals surface area (Å²) >= 11 is 6.09. The number of amides is 1. The number of anilines is 1. The standard InChI is InChI=1S/C24H24ClN3O2/c1-13-11-18-23(19(29)12-13)22(16-7-9-17(25)10-8-16)21(15(3)27-18)24(30)28-20-6-4-5-14(2)26-20/h4-10,13,22,27H,11-12H2,1-3H3,(H,26,28,30)/t13-,22+/m0/s1. The number of hydrogen-bond donors (Lipinski definition) is 2. The van der Waals surface area contributed by atoms with Gasteiger partial charge in [0.05, 0.1) is 0 Å². The SMILES string of the molecule is CC1=C(C(=O)Nc2cccc(C)n2)[C@@H](c2ccc(Cl)cc2)C2=C(C[C@H](C)CC2=O)N1. The molecule has 0 unspecified atom stereocenters. The highest BCUT2D eigenvalue weighted by Gasteiger charge is 2.39. The van der Waals surface area contributed by atoms with Crippen LogP contribution in [0, 0.1) is 12.8 Å². The molecule has 2 aliphatic rings. The van der Waals surface area contributed by atoms with Crippen molar-refractivity contribution in [2.45, 2.75) is 39.5 Å². The second-order valence-corrected chi connectivity index (χ2v) is 8.53. The van der Waals surface area contributed by atoms with Gasteiger partial charge in [0.1, 0.15) is 5.82 Å². The second-order valence-electron chi connectivity index (χ2n) is 8.10. The Labute approximate surface area is 181 Å². The molecule has 154 valence electrons. The van der Waals surface area contributed by atoms with Crippen LogP contribution in [0.15, 0.2) is 65.0 Å². The van der Waals surface area contributed by atoms with Crippen LogP contribution >= 0.6 is 11.6 Å². The van der Waals surface area contributed by atoms with E-state index in [1.807, 2.05) is 38.1 Å². The topological polar surface area (TPSA) is 71.1 Å². The van der Waals surface area contributed by atoms with Gasteiger partial charge >= 0.3 is 0 Å². The molecule has 1 aliphatic carbocycles. The van der Waals surface area contributed by atoms with Crippen LogP contribution in [0.3, 0.4) is 0 Å². The summed E-state index contributed by atoms with van der Waals surface area (Å²) in [5, 5.41) is 6.87. The molecule has 2 N–H and O–H groups in total. The maximum Gasteiger partial charge on any atom is 0.255 e. The van der Waals surface area contributed by atoms with Crippen LogP contribution < -0.4 is 10.6 Å². The summed E-state index contributed by atoms with van der Waals surface area (Å²) in [6.07, 6.45) is 1.27. The number of nitrogens with one attached hydrogen (secondary N) is 2. The fourth-order valence-corrected chi connectivity index (χ4v) is 4.45. The minimum atomic E-state index is -0.441. The summed E-state index contributed by atoms with van der Waals surface area (Å²) in [4.78, 5) is 30.8. The van der Waals surface area contributed by atoms with Gasteiger partial charge in [-0.05, 0) is 56.0 Å². The molecule has 2 heterocycles. The van der Waals surface area contributed by atoms with Gasteiger partial charge in [-0.25, -0.2) is 4.98 Å². The summed E-state index contributed by atoms with van der Waals surface area (Å²) in [7, 11) is 0. The molecule has 2 atom stereocenters. The number of carbonyl (C=O) groups is 2. The minimum absolute atomic E-state index is 0.0858.